The standard InChI is InChI=1S/C52H80N10O13/c1-28(2)24-40-49(70)61-43(50(71)72)33(7)45(66)58-38(18-15-23-55-52(53)54)48(69)57-37(20-19-29(3)25-30(4)41(74-11)26-36-16-13-12-14-17-36)32(6)44(65)59-39(51(73)75-27-31(5)63)21-22-42(64)62(10)35(9)47(68)56-34(8)46(67)60-40/h12-14,16-17,19-20,25,28,30-34,37-41,43,63H,9,15,18,21-24,26-27H2,1-8,10-11H3,(H,56,68)(H,57,69)(H,58,66)(H,59,65)(H,60,67)(H,61,70)(H,71,72)(H4,53,54,55)/b20-19+,29-25+/t30-,31?,32-,33-,34+,37-,38-,39+,40-,41-,43+/m0/s1. The SMILES string of the molecule is C=C1C(=O)N[C@H](C)C(=O)N[C@@H](CC(C)C)C(=O)N[C@@H](C(=O)O)[C@H](C)C(=O)N[C@@H](CCCN=C(N)N)C(=O)N[C@@H](/C=C/C(C)=C/[C@H](C)[C@H](Cc2ccccc2)OC)[C@H](C)C(=O)N[C@@H](C(=O)OCC(C)O)CCC(=O)N1C. The molecule has 1 aliphatic rings. The average Bonchev–Trinajstić information content (AvgIpc) is 3.35. The molecule has 0 aliphatic carbocycles. The molecule has 1 unspecified atom stereocenters. The molecule has 1 heterocycles. The number of hydrogen-bond acceptors (Lipinski definition) is 13. The van der Waals surface area contributed by atoms with Crippen molar-refractivity contribution < 1.29 is 62.8 Å². The van der Waals surface area contributed by atoms with Gasteiger partial charge in [-0.3, -0.25) is 38.6 Å². The molecule has 23 nitrogen and oxygen atoms in total. The van der Waals surface area contributed by atoms with Gasteiger partial charge in [-0.05, 0) is 64.4 Å². The summed E-state index contributed by atoms with van der Waals surface area (Å²) in [7, 11) is 2.84. The molecule has 0 radical (unpaired) electrons. The molecule has 416 valence electrons. The highest BCUT2D eigenvalue weighted by Crippen LogP contribution is 2.19. The van der Waals surface area contributed by atoms with Crippen molar-refractivity contribution in [1.82, 2.24) is 36.8 Å². The lowest BCUT2D eigenvalue weighted by molar-refractivity contribution is -0.151. The van der Waals surface area contributed by atoms with E-state index in [0.29, 0.717) is 12.0 Å². The van der Waals surface area contributed by atoms with Crippen molar-refractivity contribution in [2.75, 3.05) is 27.3 Å². The molecular formula is C52H80N10O13. The van der Waals surface area contributed by atoms with Crippen LogP contribution in [0.15, 0.2) is 71.4 Å². The third-order valence-corrected chi connectivity index (χ3v) is 12.4. The minimum absolute atomic E-state index is 0.00236. The lowest BCUT2D eigenvalue weighted by Gasteiger charge is -2.29. The second-order valence-corrected chi connectivity index (χ2v) is 19.4. The number of carbonyl (C=O) groups is 9. The molecule has 7 amide bonds. The molecular weight excluding hydrogens is 973 g/mol. The van der Waals surface area contributed by atoms with Gasteiger partial charge < -0.3 is 68.0 Å². The van der Waals surface area contributed by atoms with E-state index in [9.17, 15) is 53.4 Å². The van der Waals surface area contributed by atoms with E-state index in [1.807, 2.05) is 50.3 Å². The maximum atomic E-state index is 14.5. The summed E-state index contributed by atoms with van der Waals surface area (Å²) in [4.78, 5) is 128. The topological polar surface area (TPSA) is 352 Å². The summed E-state index contributed by atoms with van der Waals surface area (Å²) in [5, 5.41) is 35.6. The number of esters is 1. The summed E-state index contributed by atoms with van der Waals surface area (Å²) in [5.74, 6) is -12.1. The highest BCUT2D eigenvalue weighted by molar-refractivity contribution is 6.00. The Hall–Kier alpha value is -7.14. The summed E-state index contributed by atoms with van der Waals surface area (Å²) in [6.45, 7) is 15.9. The van der Waals surface area contributed by atoms with Gasteiger partial charge in [0.05, 0.1) is 30.1 Å². The van der Waals surface area contributed by atoms with Crippen molar-refractivity contribution in [2.45, 2.75) is 142 Å². The maximum absolute atomic E-state index is 14.5. The fourth-order valence-corrected chi connectivity index (χ4v) is 7.75. The van der Waals surface area contributed by atoms with Crippen molar-refractivity contribution in [3.8, 4) is 0 Å². The largest absolute Gasteiger partial charge is 0.480 e. The van der Waals surface area contributed by atoms with Gasteiger partial charge >= 0.3 is 11.9 Å². The molecule has 75 heavy (non-hydrogen) atoms. The van der Waals surface area contributed by atoms with Crippen LogP contribution in [0.5, 0.6) is 0 Å². The molecule has 1 fully saturated rings. The van der Waals surface area contributed by atoms with Crippen LogP contribution < -0.4 is 43.4 Å². The smallest absolute Gasteiger partial charge is 0.328 e. The normalized spacial score (nSPS) is 25.0. The molecule has 1 aromatic carbocycles. The molecule has 12 N–H and O–H groups in total. The van der Waals surface area contributed by atoms with Crippen molar-refractivity contribution >= 4 is 59.2 Å². The summed E-state index contributed by atoms with van der Waals surface area (Å²) >= 11 is 0. The summed E-state index contributed by atoms with van der Waals surface area (Å²) < 4.78 is 11.1. The van der Waals surface area contributed by atoms with Crippen molar-refractivity contribution in [1.29, 1.82) is 0 Å². The number of methoxy groups -OCH3 is 1. The monoisotopic (exact) mass is 1050 g/mol. The first-order valence-electron chi connectivity index (χ1n) is 25.0. The van der Waals surface area contributed by atoms with Crippen LogP contribution in [0.4, 0.5) is 0 Å². The zero-order valence-corrected chi connectivity index (χ0v) is 44.8. The molecule has 11 atom stereocenters. The number of aliphatic hydroxyl groups excluding tert-OH is 1. The number of guanidine groups is 1. The van der Waals surface area contributed by atoms with Gasteiger partial charge in [-0.2, -0.15) is 0 Å². The van der Waals surface area contributed by atoms with Crippen LogP contribution in [-0.4, -0.2) is 150 Å². The zero-order chi connectivity index (χ0) is 56.7. The lowest BCUT2D eigenvalue weighted by Crippen LogP contribution is -2.59. The molecule has 0 saturated carbocycles. The second-order valence-electron chi connectivity index (χ2n) is 19.4. The lowest BCUT2D eigenvalue weighted by atomic mass is 9.94. The Balaban J connectivity index is 2.81. The second kappa shape index (κ2) is 31.6. The number of carboxylic acids is 1. The molecule has 1 aromatic rings. The Morgan fingerprint density at radius 2 is 1.48 bits per heavy atom. The third-order valence-electron chi connectivity index (χ3n) is 12.4. The van der Waals surface area contributed by atoms with Gasteiger partial charge in [0, 0.05) is 33.0 Å². The van der Waals surface area contributed by atoms with Crippen LogP contribution in [0, 0.1) is 23.7 Å². The number of nitrogens with two attached hydrogens (primary N) is 2. The number of nitrogens with zero attached hydrogens (tertiary/aromatic N) is 2. The Kier molecular flexibility index (Phi) is 26.9. The van der Waals surface area contributed by atoms with Crippen LogP contribution >= 0.6 is 0 Å². The van der Waals surface area contributed by atoms with Crippen molar-refractivity contribution in [2.24, 2.45) is 40.1 Å². The quantitative estimate of drug-likeness (QED) is 0.0253. The van der Waals surface area contributed by atoms with E-state index in [-0.39, 0.29) is 56.1 Å². The number of benzene rings is 1. The highest BCUT2D eigenvalue weighted by atomic mass is 16.5. The van der Waals surface area contributed by atoms with Gasteiger partial charge in [0.2, 0.25) is 35.4 Å². The van der Waals surface area contributed by atoms with Gasteiger partial charge in [-0.15, -0.1) is 0 Å². The number of hydrogen-bond donors (Lipinski definition) is 10. The summed E-state index contributed by atoms with van der Waals surface area (Å²) in [5.41, 5.74) is 12.4. The number of aliphatic imine (C=N–C) groups is 1. The zero-order valence-electron chi connectivity index (χ0n) is 44.8. The minimum Gasteiger partial charge on any atom is -0.480 e. The van der Waals surface area contributed by atoms with E-state index in [1.165, 1.54) is 34.7 Å². The number of likely N-dealkylation sites (N-methyl/N-ethyl adjacent to an activating group) is 1. The van der Waals surface area contributed by atoms with Crippen molar-refractivity contribution in [3.63, 3.8) is 0 Å². The van der Waals surface area contributed by atoms with E-state index < -0.39 is 126 Å². The van der Waals surface area contributed by atoms with E-state index >= 15 is 0 Å². The first-order valence-corrected chi connectivity index (χ1v) is 25.0. The Morgan fingerprint density at radius 3 is 2.07 bits per heavy atom. The molecule has 23 heteroatoms. The molecule has 1 saturated heterocycles. The van der Waals surface area contributed by atoms with E-state index in [1.54, 1.807) is 33.1 Å². The van der Waals surface area contributed by atoms with Gasteiger partial charge in [0.15, 0.2) is 5.96 Å². The first kappa shape index (κ1) is 64.0. The number of carboxylic acid groups (broad SMARTS) is 1. The number of ether oxygens (including phenoxy) is 2. The minimum atomic E-state index is -1.89. The maximum Gasteiger partial charge on any atom is 0.328 e. The van der Waals surface area contributed by atoms with Gasteiger partial charge in [-0.1, -0.05) is 95.3 Å². The summed E-state index contributed by atoms with van der Waals surface area (Å²) in [6, 6.07) is 1.09. The molecule has 0 aromatic heterocycles. The Labute approximate surface area is 439 Å². The fraction of sp³-hybridized carbons (Fsp3) is 0.577. The number of rotatable bonds is 17. The van der Waals surface area contributed by atoms with E-state index in [4.69, 9.17) is 20.9 Å². The number of amides is 7. The average molecular weight is 1050 g/mol. The van der Waals surface area contributed by atoms with Crippen LogP contribution in [-0.2, 0) is 59.0 Å². The molecule has 0 bridgehead atoms. The number of aliphatic hydroxyl groups is 1. The number of aliphatic carboxylic acids is 1. The Morgan fingerprint density at radius 1 is 0.867 bits per heavy atom. The molecule has 1 aliphatic heterocycles. The van der Waals surface area contributed by atoms with Crippen LogP contribution in [0.2, 0.25) is 0 Å². The number of carbonyl (C=O) groups excluding carboxylic acids is 8. The third kappa shape index (κ3) is 22.1. The Bertz CT molecular complexity index is 2250. The molecule has 2 rings (SSSR count). The number of allylic oxidation sites excluding steroid dienone is 2. The van der Waals surface area contributed by atoms with Crippen molar-refractivity contribution in [3.05, 3.63) is 72.0 Å². The predicted octanol–water partition coefficient (Wildman–Crippen LogP) is 0.458. The van der Waals surface area contributed by atoms with E-state index in [0.717, 1.165) is 10.5 Å². The fourth-order valence-electron chi connectivity index (χ4n) is 7.75. The summed E-state index contributed by atoms with van der Waals surface area (Å²) in [6.07, 6.45) is 3.65. The van der Waals surface area contributed by atoms with Crippen LogP contribution in [0.3, 0.4) is 0 Å². The molecule has 0 spiro atoms. The van der Waals surface area contributed by atoms with Crippen LogP contribution in [0.1, 0.15) is 93.1 Å². The van der Waals surface area contributed by atoms with Gasteiger partial charge in [-0.25, -0.2) is 9.59 Å². The first-order chi connectivity index (χ1) is 35.2. The van der Waals surface area contributed by atoms with Crippen LogP contribution in [0.25, 0.3) is 0 Å². The predicted molar refractivity (Wildman–Crippen MR) is 279 cm³/mol. The van der Waals surface area contributed by atoms with E-state index in [2.05, 4.69) is 43.5 Å². The highest BCUT2D eigenvalue weighted by Gasteiger charge is 2.38. The number of nitrogens with one attached hydrogen (secondary N) is 6. The van der Waals surface area contributed by atoms with Gasteiger partial charge in [0.1, 0.15) is 42.5 Å². The van der Waals surface area contributed by atoms with Gasteiger partial charge in [0.25, 0.3) is 5.91 Å².